The first-order chi connectivity index (χ1) is 16.5. The number of nitrogens with zero attached hydrogens (tertiary/aromatic N) is 4. The van der Waals surface area contributed by atoms with E-state index in [0.29, 0.717) is 16.6 Å². The van der Waals surface area contributed by atoms with Gasteiger partial charge in [0.1, 0.15) is 10.3 Å². The minimum absolute atomic E-state index is 0.331. The number of amides is 2. The van der Waals surface area contributed by atoms with Crippen molar-refractivity contribution in [2.45, 2.75) is 57.8 Å². The maximum absolute atomic E-state index is 12.7. The minimum Gasteiger partial charge on any atom is -0.306 e. The van der Waals surface area contributed by atoms with Gasteiger partial charge in [0.15, 0.2) is 0 Å². The molecule has 2 amide bonds. The van der Waals surface area contributed by atoms with Crippen LogP contribution in [0.1, 0.15) is 60.7 Å². The lowest BCUT2D eigenvalue weighted by Crippen LogP contribution is -2.30. The normalized spacial score (nSPS) is 17.3. The SMILES string of the molecule is Cc1nc2c(C3CC3)c(NC(=O)Nc3cnc(CCCC4CCN(C)CC4)c(Cl)c3)cnc2s1. The van der Waals surface area contributed by atoms with Gasteiger partial charge in [-0.05, 0) is 89.9 Å². The van der Waals surface area contributed by atoms with Crippen LogP contribution in [0.3, 0.4) is 0 Å². The van der Waals surface area contributed by atoms with E-state index in [-0.39, 0.29) is 6.03 Å². The van der Waals surface area contributed by atoms with E-state index in [1.165, 1.54) is 32.4 Å². The van der Waals surface area contributed by atoms with Gasteiger partial charge >= 0.3 is 6.03 Å². The molecule has 9 heteroatoms. The number of urea groups is 1. The summed E-state index contributed by atoms with van der Waals surface area (Å²) >= 11 is 8.08. The van der Waals surface area contributed by atoms with Crippen molar-refractivity contribution in [3.8, 4) is 0 Å². The van der Waals surface area contributed by atoms with Crippen molar-refractivity contribution in [1.82, 2.24) is 19.9 Å². The second-order valence-electron chi connectivity index (χ2n) is 9.62. The lowest BCUT2D eigenvalue weighted by molar-refractivity contribution is 0.210. The molecular formula is C25H31ClN6OS. The first kappa shape index (κ1) is 23.5. The van der Waals surface area contributed by atoms with Gasteiger partial charge in [0.25, 0.3) is 0 Å². The monoisotopic (exact) mass is 498 g/mol. The molecule has 0 bridgehead atoms. The smallest absolute Gasteiger partial charge is 0.306 e. The van der Waals surface area contributed by atoms with Crippen LogP contribution in [0.25, 0.3) is 10.3 Å². The van der Waals surface area contributed by atoms with E-state index in [9.17, 15) is 4.79 Å². The number of pyridine rings is 2. The summed E-state index contributed by atoms with van der Waals surface area (Å²) in [7, 11) is 2.19. The Morgan fingerprint density at radius 3 is 2.71 bits per heavy atom. The summed E-state index contributed by atoms with van der Waals surface area (Å²) in [6.07, 6.45) is 11.4. The number of aryl methyl sites for hydroxylation is 2. The molecule has 0 unspecified atom stereocenters. The molecule has 0 spiro atoms. The molecule has 2 N–H and O–H groups in total. The van der Waals surface area contributed by atoms with Crippen LogP contribution in [0.2, 0.25) is 5.02 Å². The van der Waals surface area contributed by atoms with Crippen LogP contribution in [0.15, 0.2) is 18.5 Å². The molecule has 0 radical (unpaired) electrons. The third-order valence-corrected chi connectivity index (χ3v) is 8.05. The number of rotatable bonds is 7. The van der Waals surface area contributed by atoms with Crippen LogP contribution >= 0.6 is 22.9 Å². The summed E-state index contributed by atoms with van der Waals surface area (Å²) in [5.41, 5.74) is 4.21. The average molecular weight is 499 g/mol. The second kappa shape index (κ2) is 10.1. The van der Waals surface area contributed by atoms with Crippen LogP contribution in [-0.2, 0) is 6.42 Å². The summed E-state index contributed by atoms with van der Waals surface area (Å²) < 4.78 is 0. The van der Waals surface area contributed by atoms with Gasteiger partial charge in [0.05, 0.1) is 39.5 Å². The van der Waals surface area contributed by atoms with Gasteiger partial charge in [-0.15, -0.1) is 0 Å². The molecule has 7 nitrogen and oxygen atoms in total. The van der Waals surface area contributed by atoms with E-state index in [1.807, 2.05) is 6.92 Å². The standard InChI is InChI=1S/C25H31ClN6OS/c1-15-29-23-22(17-6-7-17)21(14-28-24(23)34-15)31-25(33)30-18-12-19(26)20(27-13-18)5-3-4-16-8-10-32(2)11-9-16/h12-14,16-17H,3-11H2,1-2H3,(H2,30,31,33). The predicted octanol–water partition coefficient (Wildman–Crippen LogP) is 6.23. The molecule has 2 fully saturated rings. The number of thiazole rings is 1. The van der Waals surface area contributed by atoms with Crippen LogP contribution in [0.5, 0.6) is 0 Å². The number of fused-ring (bicyclic) bond motifs is 1. The van der Waals surface area contributed by atoms with Crippen LogP contribution in [-0.4, -0.2) is 46.0 Å². The lowest BCUT2D eigenvalue weighted by atomic mass is 9.91. The van der Waals surface area contributed by atoms with E-state index in [1.54, 1.807) is 29.8 Å². The van der Waals surface area contributed by atoms with Gasteiger partial charge in [-0.25, -0.2) is 14.8 Å². The number of hydrogen-bond donors (Lipinski definition) is 2. The number of carbonyl (C=O) groups excluding carboxylic acids is 1. The Kier molecular flexibility index (Phi) is 6.99. The van der Waals surface area contributed by atoms with E-state index in [2.05, 4.69) is 37.5 Å². The maximum Gasteiger partial charge on any atom is 0.323 e. The molecule has 2 aliphatic rings. The van der Waals surface area contributed by atoms with Gasteiger partial charge < -0.3 is 15.5 Å². The third-order valence-electron chi connectivity index (χ3n) is 6.85. The molecule has 180 valence electrons. The molecule has 1 saturated carbocycles. The highest BCUT2D eigenvalue weighted by Crippen LogP contribution is 2.46. The molecule has 1 saturated heterocycles. The first-order valence-electron chi connectivity index (χ1n) is 12.1. The maximum atomic E-state index is 12.7. The van der Waals surface area contributed by atoms with Crippen molar-refractivity contribution in [3.05, 3.63) is 39.7 Å². The summed E-state index contributed by atoms with van der Waals surface area (Å²) in [5.74, 6) is 1.24. The molecule has 34 heavy (non-hydrogen) atoms. The topological polar surface area (TPSA) is 83.0 Å². The van der Waals surface area contributed by atoms with Crippen molar-refractivity contribution in [2.24, 2.45) is 5.92 Å². The fourth-order valence-electron chi connectivity index (χ4n) is 4.80. The summed E-state index contributed by atoms with van der Waals surface area (Å²) in [6.45, 7) is 4.38. The van der Waals surface area contributed by atoms with E-state index >= 15 is 0 Å². The van der Waals surface area contributed by atoms with Gasteiger partial charge in [-0.3, -0.25) is 4.98 Å². The van der Waals surface area contributed by atoms with E-state index in [4.69, 9.17) is 11.6 Å². The van der Waals surface area contributed by atoms with Crippen molar-refractivity contribution < 1.29 is 4.79 Å². The lowest BCUT2D eigenvalue weighted by Gasteiger charge is -2.28. The van der Waals surface area contributed by atoms with Crippen LogP contribution in [0.4, 0.5) is 16.2 Å². The molecule has 1 aliphatic carbocycles. The number of hydrogen-bond acceptors (Lipinski definition) is 6. The summed E-state index contributed by atoms with van der Waals surface area (Å²) in [6, 6.07) is 1.45. The number of likely N-dealkylation sites (tertiary alicyclic amines) is 1. The zero-order chi connectivity index (χ0) is 23.7. The first-order valence-corrected chi connectivity index (χ1v) is 13.3. The van der Waals surface area contributed by atoms with Gasteiger partial charge in [-0.1, -0.05) is 22.9 Å². The van der Waals surface area contributed by atoms with Crippen molar-refractivity contribution in [1.29, 1.82) is 0 Å². The number of nitrogens with one attached hydrogen (secondary N) is 2. The number of piperidine rings is 1. The molecular weight excluding hydrogens is 468 g/mol. The van der Waals surface area contributed by atoms with E-state index < -0.39 is 0 Å². The number of halogens is 1. The second-order valence-corrected chi connectivity index (χ2v) is 11.2. The number of aromatic nitrogens is 3. The highest BCUT2D eigenvalue weighted by Gasteiger charge is 2.30. The highest BCUT2D eigenvalue weighted by atomic mass is 35.5. The zero-order valence-electron chi connectivity index (χ0n) is 19.7. The molecule has 0 atom stereocenters. The quantitative estimate of drug-likeness (QED) is 0.403. The van der Waals surface area contributed by atoms with Gasteiger partial charge in [0.2, 0.25) is 0 Å². The Morgan fingerprint density at radius 1 is 1.18 bits per heavy atom. The fraction of sp³-hybridized carbons (Fsp3) is 0.520. The summed E-state index contributed by atoms with van der Waals surface area (Å²) in [5, 5.41) is 7.41. The molecule has 4 heterocycles. The minimum atomic E-state index is -0.331. The molecule has 3 aromatic heterocycles. The Hall–Kier alpha value is -2.29. The zero-order valence-corrected chi connectivity index (χ0v) is 21.3. The molecule has 5 rings (SSSR count). The largest absolute Gasteiger partial charge is 0.323 e. The number of carbonyl (C=O) groups is 1. The van der Waals surface area contributed by atoms with Crippen molar-refractivity contribution in [3.63, 3.8) is 0 Å². The predicted molar refractivity (Wildman–Crippen MR) is 139 cm³/mol. The Balaban J connectivity index is 1.18. The molecule has 1 aliphatic heterocycles. The Morgan fingerprint density at radius 2 is 1.97 bits per heavy atom. The fourth-order valence-corrected chi connectivity index (χ4v) is 5.83. The van der Waals surface area contributed by atoms with Crippen molar-refractivity contribution >= 4 is 50.7 Å². The average Bonchev–Trinajstić information content (AvgIpc) is 3.56. The highest BCUT2D eigenvalue weighted by molar-refractivity contribution is 7.18. The Bertz CT molecular complexity index is 1190. The molecule has 3 aromatic rings. The van der Waals surface area contributed by atoms with E-state index in [0.717, 1.165) is 63.9 Å². The molecule has 0 aromatic carbocycles. The van der Waals surface area contributed by atoms with Crippen molar-refractivity contribution in [2.75, 3.05) is 30.8 Å². The van der Waals surface area contributed by atoms with Gasteiger partial charge in [-0.2, -0.15) is 0 Å². The van der Waals surface area contributed by atoms with Gasteiger partial charge in [0, 0.05) is 5.56 Å². The van der Waals surface area contributed by atoms with Crippen LogP contribution in [0, 0.1) is 12.8 Å². The number of anilines is 2. The Labute approximate surface area is 209 Å². The third kappa shape index (κ3) is 5.50. The van der Waals surface area contributed by atoms with Crippen LogP contribution < -0.4 is 10.6 Å². The summed E-state index contributed by atoms with van der Waals surface area (Å²) in [4.78, 5) is 29.8.